The summed E-state index contributed by atoms with van der Waals surface area (Å²) >= 11 is 11.3. The van der Waals surface area contributed by atoms with Gasteiger partial charge >= 0.3 is 0 Å². The van der Waals surface area contributed by atoms with Crippen LogP contribution in [0, 0.1) is 0 Å². The predicted octanol–water partition coefficient (Wildman–Crippen LogP) is 3.04. The Hall–Kier alpha value is -0.840. The Morgan fingerprint density at radius 1 is 1.33 bits per heavy atom. The minimum atomic E-state index is 0.422. The van der Waals surface area contributed by atoms with Crippen molar-refractivity contribution in [2.75, 3.05) is 24.5 Å². The van der Waals surface area contributed by atoms with E-state index >= 15 is 0 Å². The van der Waals surface area contributed by atoms with Crippen LogP contribution in [-0.4, -0.2) is 41.6 Å². The van der Waals surface area contributed by atoms with Crippen molar-refractivity contribution in [3.63, 3.8) is 0 Å². The molecule has 3 rings (SSSR count). The molecule has 0 radical (unpaired) electrons. The van der Waals surface area contributed by atoms with Crippen molar-refractivity contribution < 1.29 is 0 Å². The Bertz CT molecular complexity index is 548. The van der Waals surface area contributed by atoms with Gasteiger partial charge in [0, 0.05) is 41.4 Å². The molecule has 5 heteroatoms. The number of benzene rings is 1. The standard InChI is InChI=1S/C16H22ClN3S/c1-11-9-19-7-3-2-4-13(19)10-20(11)15-6-5-12(17)8-14(15)16(18)21/h5-6,8,11,13H,2-4,7,9-10H2,1H3,(H2,18,21). The van der Waals surface area contributed by atoms with E-state index in [1.54, 1.807) is 0 Å². The molecule has 2 aliphatic rings. The number of nitrogens with zero attached hydrogens (tertiary/aromatic N) is 2. The molecule has 2 unspecified atom stereocenters. The molecule has 0 amide bonds. The van der Waals surface area contributed by atoms with Gasteiger partial charge in [0.2, 0.25) is 0 Å². The van der Waals surface area contributed by atoms with Crippen LogP contribution in [0.25, 0.3) is 0 Å². The quantitative estimate of drug-likeness (QED) is 0.848. The van der Waals surface area contributed by atoms with Gasteiger partial charge in [-0.25, -0.2) is 0 Å². The van der Waals surface area contributed by atoms with Gasteiger partial charge in [-0.15, -0.1) is 0 Å². The Balaban J connectivity index is 1.91. The summed E-state index contributed by atoms with van der Waals surface area (Å²) in [7, 11) is 0. The third-order valence-electron chi connectivity index (χ3n) is 4.72. The van der Waals surface area contributed by atoms with Crippen LogP contribution in [0.1, 0.15) is 31.7 Å². The highest BCUT2D eigenvalue weighted by atomic mass is 35.5. The van der Waals surface area contributed by atoms with Crippen molar-refractivity contribution in [2.24, 2.45) is 5.73 Å². The zero-order chi connectivity index (χ0) is 15.0. The first-order chi connectivity index (χ1) is 10.1. The van der Waals surface area contributed by atoms with Gasteiger partial charge in [0.05, 0.1) is 0 Å². The van der Waals surface area contributed by atoms with Crippen LogP contribution in [-0.2, 0) is 0 Å². The fraction of sp³-hybridized carbons (Fsp3) is 0.562. The third-order valence-corrected chi connectivity index (χ3v) is 5.18. The average molecular weight is 324 g/mol. The number of nitrogens with two attached hydrogens (primary N) is 1. The summed E-state index contributed by atoms with van der Waals surface area (Å²) in [5, 5.41) is 0.686. The van der Waals surface area contributed by atoms with Crippen LogP contribution in [0.3, 0.4) is 0 Å². The van der Waals surface area contributed by atoms with Crippen LogP contribution in [0.4, 0.5) is 5.69 Å². The van der Waals surface area contributed by atoms with E-state index in [4.69, 9.17) is 29.6 Å². The smallest absolute Gasteiger partial charge is 0.106 e. The number of halogens is 1. The van der Waals surface area contributed by atoms with Crippen LogP contribution in [0.2, 0.25) is 5.02 Å². The van der Waals surface area contributed by atoms with Crippen molar-refractivity contribution in [3.8, 4) is 0 Å². The molecule has 2 atom stereocenters. The van der Waals surface area contributed by atoms with Gasteiger partial charge in [-0.2, -0.15) is 0 Å². The molecule has 3 nitrogen and oxygen atoms in total. The summed E-state index contributed by atoms with van der Waals surface area (Å²) in [5.74, 6) is 0. The topological polar surface area (TPSA) is 32.5 Å². The summed E-state index contributed by atoms with van der Waals surface area (Å²) in [4.78, 5) is 5.52. The SMILES string of the molecule is CC1CN2CCCCC2CN1c1ccc(Cl)cc1C(N)=S. The molecule has 21 heavy (non-hydrogen) atoms. The van der Waals surface area contributed by atoms with Crippen molar-refractivity contribution in [3.05, 3.63) is 28.8 Å². The Labute approximate surface area is 137 Å². The molecule has 1 aromatic carbocycles. The lowest BCUT2D eigenvalue weighted by Crippen LogP contribution is -2.59. The number of thiocarbonyl (C=S) groups is 1. The highest BCUT2D eigenvalue weighted by Crippen LogP contribution is 2.31. The number of anilines is 1. The predicted molar refractivity (Wildman–Crippen MR) is 93.4 cm³/mol. The molecular formula is C16H22ClN3S. The lowest BCUT2D eigenvalue weighted by molar-refractivity contribution is 0.115. The Morgan fingerprint density at radius 2 is 2.14 bits per heavy atom. The summed E-state index contributed by atoms with van der Waals surface area (Å²) in [6.45, 7) is 5.69. The van der Waals surface area contributed by atoms with Crippen molar-refractivity contribution in [1.82, 2.24) is 4.90 Å². The van der Waals surface area contributed by atoms with E-state index in [0.29, 0.717) is 22.1 Å². The second-order valence-electron chi connectivity index (χ2n) is 6.17. The summed E-state index contributed by atoms with van der Waals surface area (Å²) in [6.07, 6.45) is 3.97. The van der Waals surface area contributed by atoms with Crippen molar-refractivity contribution in [2.45, 2.75) is 38.3 Å². The number of piperazine rings is 1. The molecule has 2 heterocycles. The fourth-order valence-corrected chi connectivity index (χ4v) is 3.98. The molecule has 2 fully saturated rings. The monoisotopic (exact) mass is 323 g/mol. The maximum Gasteiger partial charge on any atom is 0.106 e. The number of fused-ring (bicyclic) bond motifs is 1. The van der Waals surface area contributed by atoms with E-state index in [2.05, 4.69) is 22.8 Å². The zero-order valence-electron chi connectivity index (χ0n) is 12.4. The number of hydrogen-bond acceptors (Lipinski definition) is 3. The van der Waals surface area contributed by atoms with Gasteiger partial charge in [-0.05, 0) is 44.5 Å². The third kappa shape index (κ3) is 3.03. The van der Waals surface area contributed by atoms with Gasteiger partial charge in [0.1, 0.15) is 4.99 Å². The molecular weight excluding hydrogens is 302 g/mol. The second kappa shape index (κ2) is 6.11. The molecule has 0 saturated carbocycles. The van der Waals surface area contributed by atoms with E-state index in [-0.39, 0.29) is 0 Å². The fourth-order valence-electron chi connectivity index (χ4n) is 3.64. The van der Waals surface area contributed by atoms with Crippen molar-refractivity contribution >= 4 is 34.5 Å². The number of piperidine rings is 1. The normalized spacial score (nSPS) is 26.5. The van der Waals surface area contributed by atoms with Crippen LogP contribution < -0.4 is 10.6 Å². The van der Waals surface area contributed by atoms with Gasteiger partial charge in [0.15, 0.2) is 0 Å². The maximum absolute atomic E-state index is 6.10. The van der Waals surface area contributed by atoms with E-state index in [1.165, 1.54) is 25.8 Å². The summed E-state index contributed by atoms with van der Waals surface area (Å²) in [6, 6.07) is 7.00. The molecule has 0 spiro atoms. The molecule has 0 aliphatic carbocycles. The van der Waals surface area contributed by atoms with E-state index < -0.39 is 0 Å². The van der Waals surface area contributed by atoms with Crippen LogP contribution in [0.5, 0.6) is 0 Å². The highest BCUT2D eigenvalue weighted by Gasteiger charge is 2.33. The lowest BCUT2D eigenvalue weighted by atomic mass is 9.96. The maximum atomic E-state index is 6.10. The molecule has 114 valence electrons. The molecule has 2 aliphatic heterocycles. The zero-order valence-corrected chi connectivity index (χ0v) is 14.0. The largest absolute Gasteiger partial charge is 0.389 e. The molecule has 0 bridgehead atoms. The number of rotatable bonds is 2. The second-order valence-corrected chi connectivity index (χ2v) is 7.05. The van der Waals surface area contributed by atoms with Gasteiger partial charge in [-0.3, -0.25) is 4.90 Å². The first-order valence-corrected chi connectivity index (χ1v) is 8.45. The summed E-state index contributed by atoms with van der Waals surface area (Å²) in [5.41, 5.74) is 7.93. The number of hydrogen-bond donors (Lipinski definition) is 1. The molecule has 2 saturated heterocycles. The van der Waals surface area contributed by atoms with Crippen LogP contribution >= 0.6 is 23.8 Å². The molecule has 0 aromatic heterocycles. The first kappa shape index (κ1) is 15.1. The van der Waals surface area contributed by atoms with Gasteiger partial charge in [0.25, 0.3) is 0 Å². The minimum absolute atomic E-state index is 0.422. The Morgan fingerprint density at radius 3 is 2.90 bits per heavy atom. The minimum Gasteiger partial charge on any atom is -0.389 e. The van der Waals surface area contributed by atoms with Gasteiger partial charge < -0.3 is 10.6 Å². The Kier molecular flexibility index (Phi) is 4.38. The summed E-state index contributed by atoms with van der Waals surface area (Å²) < 4.78 is 0. The van der Waals surface area contributed by atoms with Gasteiger partial charge in [-0.1, -0.05) is 30.2 Å². The van der Waals surface area contributed by atoms with Crippen LogP contribution in [0.15, 0.2) is 18.2 Å². The molecule has 2 N–H and O–H groups in total. The van der Waals surface area contributed by atoms with E-state index in [1.807, 2.05) is 12.1 Å². The first-order valence-electron chi connectivity index (χ1n) is 7.66. The van der Waals surface area contributed by atoms with Crippen molar-refractivity contribution in [1.29, 1.82) is 0 Å². The average Bonchev–Trinajstić information content (AvgIpc) is 2.46. The van der Waals surface area contributed by atoms with E-state index in [0.717, 1.165) is 24.3 Å². The highest BCUT2D eigenvalue weighted by molar-refractivity contribution is 7.80. The van der Waals surface area contributed by atoms with E-state index in [9.17, 15) is 0 Å². The lowest BCUT2D eigenvalue weighted by Gasteiger charge is -2.48. The molecule has 1 aromatic rings.